The highest BCUT2D eigenvalue weighted by Crippen LogP contribution is 2.60. The Kier molecular flexibility index (Phi) is 10.6. The van der Waals surface area contributed by atoms with Gasteiger partial charge >= 0.3 is 0 Å². The Morgan fingerprint density at radius 3 is 1.53 bits per heavy atom. The molecule has 12 rings (SSSR count). The fraction of sp³-hybridized carbons (Fsp3) is 0.420. The Morgan fingerprint density at radius 2 is 0.959 bits per heavy atom. The Morgan fingerprint density at radius 1 is 0.466 bits per heavy atom. The Hall–Kier alpha value is -5.32. The lowest BCUT2D eigenvalue weighted by atomic mass is 9.35. The van der Waals surface area contributed by atoms with E-state index in [2.05, 4.69) is 247 Å². The second-order valence-electron chi connectivity index (χ2n) is 28.2. The molecule has 0 saturated carbocycles. The topological polar surface area (TPSA) is 6.48 Å². The maximum atomic E-state index is 2.85. The van der Waals surface area contributed by atoms with Gasteiger partial charge in [-0.3, -0.25) is 0 Å². The zero-order valence-electron chi connectivity index (χ0n) is 47.1. The van der Waals surface area contributed by atoms with E-state index < -0.39 is 0 Å². The quantitative estimate of drug-likeness (QED) is 0.162. The van der Waals surface area contributed by atoms with Gasteiger partial charge in [0, 0.05) is 43.5 Å². The van der Waals surface area contributed by atoms with Gasteiger partial charge in [-0.05, 0) is 181 Å². The molecule has 0 spiro atoms. The number of anilines is 6. The van der Waals surface area contributed by atoms with Crippen molar-refractivity contribution in [1.29, 1.82) is 0 Å². The second-order valence-corrected chi connectivity index (χ2v) is 29.3. The molecule has 3 heterocycles. The highest BCUT2D eigenvalue weighted by atomic mass is 32.1. The average molecular weight is 979 g/mol. The lowest BCUT2D eigenvalue weighted by molar-refractivity contribution is 0.331. The first kappa shape index (κ1) is 48.6. The third kappa shape index (κ3) is 7.29. The van der Waals surface area contributed by atoms with Crippen LogP contribution in [0.15, 0.2) is 115 Å². The number of aryl methyl sites for hydroxylation is 1. The molecule has 0 N–H and O–H groups in total. The van der Waals surface area contributed by atoms with Crippen LogP contribution in [-0.2, 0) is 37.9 Å². The standard InChI is InChI=1S/C69H79BN2S/c1-42-37-53-57-54(38-42)72(58-47(43-23-19-17-20-24-43)39-45(63(2,3)4)40-48(58)44-25-21-18-22-26-44)60-56-61(69(15,16)36-35-68(56,13)14)73-62(60)70(57)52-30-29-50-55(67(11,12)34-33-65(50,7)8)59(52)71(53)46-27-28-49-51(41-46)66(9,10)32-31-64(49,5)6/h17-30,37-41H,31-36H2,1-16H3. The fourth-order valence-electron chi connectivity index (χ4n) is 14.3. The lowest BCUT2D eigenvalue weighted by Crippen LogP contribution is -2.61. The monoisotopic (exact) mass is 979 g/mol. The van der Waals surface area contributed by atoms with Crippen LogP contribution in [0, 0.1) is 6.92 Å². The molecule has 6 aromatic carbocycles. The average Bonchev–Trinajstić information content (AvgIpc) is 3.76. The van der Waals surface area contributed by atoms with Crippen LogP contribution >= 0.6 is 11.3 Å². The van der Waals surface area contributed by atoms with Gasteiger partial charge in [-0.25, -0.2) is 0 Å². The summed E-state index contributed by atoms with van der Waals surface area (Å²) in [6.45, 7) is 39.8. The summed E-state index contributed by atoms with van der Waals surface area (Å²) < 4.78 is 1.51. The molecule has 4 heteroatoms. The van der Waals surface area contributed by atoms with E-state index in [1.807, 2.05) is 0 Å². The van der Waals surface area contributed by atoms with Crippen molar-refractivity contribution in [3.8, 4) is 22.3 Å². The minimum absolute atomic E-state index is 0.0270. The summed E-state index contributed by atoms with van der Waals surface area (Å²) in [4.78, 5) is 7.23. The predicted octanol–water partition coefficient (Wildman–Crippen LogP) is 17.8. The predicted molar refractivity (Wildman–Crippen MR) is 319 cm³/mol. The Bertz CT molecular complexity index is 3350. The molecule has 0 radical (unpaired) electrons. The first-order valence-electron chi connectivity index (χ1n) is 27.8. The highest BCUT2D eigenvalue weighted by Gasteiger charge is 2.53. The van der Waals surface area contributed by atoms with Crippen molar-refractivity contribution in [2.24, 2.45) is 0 Å². The Labute approximate surface area is 443 Å². The first-order chi connectivity index (χ1) is 34.2. The third-order valence-corrected chi connectivity index (χ3v) is 20.7. The number of hydrogen-bond donors (Lipinski definition) is 0. The molecule has 0 fully saturated rings. The number of benzene rings is 6. The van der Waals surface area contributed by atoms with Gasteiger partial charge in [-0.1, -0.05) is 183 Å². The van der Waals surface area contributed by atoms with Crippen LogP contribution < -0.4 is 25.5 Å². The van der Waals surface area contributed by atoms with E-state index in [1.54, 1.807) is 16.0 Å². The van der Waals surface area contributed by atoms with Crippen molar-refractivity contribution in [3.05, 3.63) is 159 Å². The minimum Gasteiger partial charge on any atom is -0.311 e. The zero-order valence-corrected chi connectivity index (χ0v) is 47.9. The van der Waals surface area contributed by atoms with E-state index in [4.69, 9.17) is 0 Å². The van der Waals surface area contributed by atoms with Crippen LogP contribution in [0.3, 0.4) is 0 Å². The van der Waals surface area contributed by atoms with Gasteiger partial charge in [-0.2, -0.15) is 11.3 Å². The van der Waals surface area contributed by atoms with E-state index in [0.717, 1.165) is 12.8 Å². The van der Waals surface area contributed by atoms with Crippen molar-refractivity contribution < 1.29 is 0 Å². The molecule has 5 aliphatic rings. The van der Waals surface area contributed by atoms with Crippen LogP contribution in [-0.4, -0.2) is 6.71 Å². The molecule has 7 aromatic rings. The molecule has 1 aromatic heterocycles. The van der Waals surface area contributed by atoms with Crippen LogP contribution in [0.1, 0.15) is 186 Å². The summed E-state index contributed by atoms with van der Waals surface area (Å²) in [5.74, 6) is 0. The molecule has 374 valence electrons. The summed E-state index contributed by atoms with van der Waals surface area (Å²) >= 11 is 2.15. The Balaban J connectivity index is 1.28. The molecule has 0 saturated heterocycles. The third-order valence-electron chi connectivity index (χ3n) is 19.1. The number of thiophene rings is 1. The van der Waals surface area contributed by atoms with E-state index in [-0.39, 0.29) is 44.6 Å². The van der Waals surface area contributed by atoms with Crippen molar-refractivity contribution in [3.63, 3.8) is 0 Å². The largest absolute Gasteiger partial charge is 0.311 e. The van der Waals surface area contributed by atoms with E-state index in [9.17, 15) is 0 Å². The molecular weight excluding hydrogens is 900 g/mol. The van der Waals surface area contributed by atoms with Crippen molar-refractivity contribution in [2.45, 2.75) is 187 Å². The maximum absolute atomic E-state index is 2.85. The van der Waals surface area contributed by atoms with Gasteiger partial charge in [0.05, 0.1) is 11.4 Å². The molecule has 0 bridgehead atoms. The molecule has 0 atom stereocenters. The van der Waals surface area contributed by atoms with Crippen molar-refractivity contribution in [2.75, 3.05) is 9.80 Å². The van der Waals surface area contributed by atoms with E-state index in [0.29, 0.717) is 0 Å². The SMILES string of the molecule is Cc1cc2c3c(c1)N(c1c(-c4ccccc4)cc(C(C)(C)C)cc1-c1ccccc1)c1c(sc4c1C(C)(C)CCC4(C)C)B3c1ccc3c(c1N2c1ccc2c(c1)C(C)(C)CCC2(C)C)C(C)(C)CCC3(C)C. The normalized spacial score (nSPS) is 20.0. The van der Waals surface area contributed by atoms with Gasteiger partial charge < -0.3 is 9.80 Å². The summed E-state index contributed by atoms with van der Waals surface area (Å²) in [6.07, 6.45) is 7.04. The smallest absolute Gasteiger partial charge is 0.264 e. The van der Waals surface area contributed by atoms with Crippen LogP contribution in [0.25, 0.3) is 22.3 Å². The highest BCUT2D eigenvalue weighted by molar-refractivity contribution is 7.29. The molecule has 2 nitrogen and oxygen atoms in total. The van der Waals surface area contributed by atoms with Crippen molar-refractivity contribution in [1.82, 2.24) is 0 Å². The molecule has 73 heavy (non-hydrogen) atoms. The molecule has 2 aliphatic heterocycles. The summed E-state index contributed by atoms with van der Waals surface area (Å²) in [6, 6.07) is 45.8. The second kappa shape index (κ2) is 15.9. The van der Waals surface area contributed by atoms with Crippen LogP contribution in [0.2, 0.25) is 0 Å². The molecule has 0 amide bonds. The number of rotatable bonds is 4. The van der Waals surface area contributed by atoms with Crippen LogP contribution in [0.4, 0.5) is 34.1 Å². The number of hydrogen-bond acceptors (Lipinski definition) is 3. The summed E-state index contributed by atoms with van der Waals surface area (Å²) in [5, 5.41) is 0. The fourth-order valence-corrected chi connectivity index (χ4v) is 16.1. The zero-order chi connectivity index (χ0) is 51.7. The van der Waals surface area contributed by atoms with Gasteiger partial charge in [0.1, 0.15) is 0 Å². The first-order valence-corrected chi connectivity index (χ1v) is 28.6. The molecule has 3 aliphatic carbocycles. The number of nitrogens with zero attached hydrogens (tertiary/aromatic N) is 2. The van der Waals surface area contributed by atoms with E-state index >= 15 is 0 Å². The number of fused-ring (bicyclic) bond motifs is 9. The summed E-state index contributed by atoms with van der Waals surface area (Å²) in [5.41, 5.74) is 26.4. The van der Waals surface area contributed by atoms with Gasteiger partial charge in [0.2, 0.25) is 0 Å². The minimum atomic E-state index is -0.0792. The lowest BCUT2D eigenvalue weighted by Gasteiger charge is -2.50. The molecular formula is C69H79BN2S. The van der Waals surface area contributed by atoms with E-state index in [1.165, 1.54) is 126 Å². The van der Waals surface area contributed by atoms with Crippen molar-refractivity contribution >= 4 is 67.9 Å². The van der Waals surface area contributed by atoms with Gasteiger partial charge in [0.25, 0.3) is 6.71 Å². The maximum Gasteiger partial charge on any atom is 0.264 e. The van der Waals surface area contributed by atoms with Gasteiger partial charge in [-0.15, -0.1) is 0 Å². The molecule has 0 unspecified atom stereocenters. The van der Waals surface area contributed by atoms with Crippen LogP contribution in [0.5, 0.6) is 0 Å². The van der Waals surface area contributed by atoms with Gasteiger partial charge in [0.15, 0.2) is 0 Å². The summed E-state index contributed by atoms with van der Waals surface area (Å²) in [7, 11) is 0.